The molecule has 0 aliphatic carbocycles. The molecule has 0 saturated heterocycles. The van der Waals surface area contributed by atoms with Gasteiger partial charge in [0.15, 0.2) is 0 Å². The molecule has 1 aromatic carbocycles. The van der Waals surface area contributed by atoms with E-state index in [1.165, 1.54) is 0 Å². The number of hydrogen-bond donors (Lipinski definition) is 3. The summed E-state index contributed by atoms with van der Waals surface area (Å²) in [5.74, 6) is 0.0980. The van der Waals surface area contributed by atoms with Crippen molar-refractivity contribution in [1.29, 1.82) is 0 Å². The second kappa shape index (κ2) is 6.98. The second-order valence-corrected chi connectivity index (χ2v) is 3.83. The zero-order chi connectivity index (χ0) is 11.8. The van der Waals surface area contributed by atoms with Gasteiger partial charge in [-0.2, -0.15) is 0 Å². The summed E-state index contributed by atoms with van der Waals surface area (Å²) in [5.41, 5.74) is 0.796. The number of aliphatic hydroxyl groups is 1. The number of para-hydroxylation sites is 1. The highest BCUT2D eigenvalue weighted by molar-refractivity contribution is 5.92. The maximum atomic E-state index is 11.4. The third-order valence-corrected chi connectivity index (χ3v) is 2.15. The topological polar surface area (TPSA) is 61.4 Å². The van der Waals surface area contributed by atoms with Crippen LogP contribution in [-0.2, 0) is 4.79 Å². The number of nitrogens with one attached hydrogen (secondary N) is 2. The predicted molar refractivity (Wildman–Crippen MR) is 64.2 cm³/mol. The first kappa shape index (κ1) is 12.7. The van der Waals surface area contributed by atoms with Crippen LogP contribution in [0.2, 0.25) is 0 Å². The molecule has 0 bridgehead atoms. The minimum absolute atomic E-state index is 0.0728. The van der Waals surface area contributed by atoms with Crippen LogP contribution in [-0.4, -0.2) is 30.7 Å². The number of carbonyl (C=O) groups excluding carboxylic acids is 1. The highest BCUT2D eigenvalue weighted by Gasteiger charge is 2.03. The van der Waals surface area contributed by atoms with Gasteiger partial charge in [-0.15, -0.1) is 0 Å². The molecular weight excluding hydrogens is 204 g/mol. The van der Waals surface area contributed by atoms with Crippen LogP contribution >= 0.6 is 0 Å². The molecule has 4 heteroatoms. The van der Waals surface area contributed by atoms with Crippen molar-refractivity contribution < 1.29 is 9.90 Å². The molecule has 3 N–H and O–H groups in total. The van der Waals surface area contributed by atoms with Crippen LogP contribution < -0.4 is 10.6 Å². The van der Waals surface area contributed by atoms with Crippen LogP contribution in [0.1, 0.15) is 6.92 Å². The summed E-state index contributed by atoms with van der Waals surface area (Å²) in [6, 6.07) is 9.33. The zero-order valence-electron chi connectivity index (χ0n) is 9.44. The Morgan fingerprint density at radius 3 is 2.69 bits per heavy atom. The minimum Gasteiger partial charge on any atom is -0.396 e. The summed E-state index contributed by atoms with van der Waals surface area (Å²) >= 11 is 0. The van der Waals surface area contributed by atoms with E-state index in [9.17, 15) is 4.79 Å². The smallest absolute Gasteiger partial charge is 0.238 e. The molecule has 0 fully saturated rings. The van der Waals surface area contributed by atoms with Crippen LogP contribution in [0.4, 0.5) is 5.69 Å². The maximum absolute atomic E-state index is 11.4. The first-order valence-electron chi connectivity index (χ1n) is 5.39. The Hall–Kier alpha value is -1.39. The van der Waals surface area contributed by atoms with Crippen molar-refractivity contribution in [2.75, 3.05) is 25.0 Å². The molecule has 1 amide bonds. The second-order valence-electron chi connectivity index (χ2n) is 3.83. The highest BCUT2D eigenvalue weighted by Crippen LogP contribution is 2.03. The Labute approximate surface area is 95.7 Å². The van der Waals surface area contributed by atoms with E-state index in [0.717, 1.165) is 5.69 Å². The lowest BCUT2D eigenvalue weighted by Gasteiger charge is -2.09. The van der Waals surface area contributed by atoms with Gasteiger partial charge in [0.1, 0.15) is 0 Å². The molecule has 0 aliphatic heterocycles. The van der Waals surface area contributed by atoms with E-state index in [0.29, 0.717) is 6.54 Å². The number of benzene rings is 1. The Balaban J connectivity index is 2.21. The average Bonchev–Trinajstić information content (AvgIpc) is 2.30. The molecule has 0 spiro atoms. The predicted octanol–water partition coefficient (Wildman–Crippen LogP) is 0.843. The number of aliphatic hydroxyl groups excluding tert-OH is 1. The van der Waals surface area contributed by atoms with E-state index in [4.69, 9.17) is 5.11 Å². The van der Waals surface area contributed by atoms with Crippen LogP contribution in [0.25, 0.3) is 0 Å². The number of amides is 1. The molecular formula is C12H18N2O2. The van der Waals surface area contributed by atoms with Crippen molar-refractivity contribution in [3.63, 3.8) is 0 Å². The lowest BCUT2D eigenvalue weighted by Crippen LogP contribution is -2.31. The van der Waals surface area contributed by atoms with Gasteiger partial charge >= 0.3 is 0 Å². The molecule has 1 aromatic rings. The Morgan fingerprint density at radius 2 is 2.06 bits per heavy atom. The van der Waals surface area contributed by atoms with E-state index < -0.39 is 0 Å². The van der Waals surface area contributed by atoms with Crippen LogP contribution in [0.15, 0.2) is 30.3 Å². The molecule has 88 valence electrons. The molecule has 16 heavy (non-hydrogen) atoms. The Bertz CT molecular complexity index is 314. The summed E-state index contributed by atoms with van der Waals surface area (Å²) in [7, 11) is 0. The molecule has 0 saturated carbocycles. The maximum Gasteiger partial charge on any atom is 0.238 e. The van der Waals surface area contributed by atoms with Gasteiger partial charge in [-0.3, -0.25) is 4.79 Å². The highest BCUT2D eigenvalue weighted by atomic mass is 16.3. The van der Waals surface area contributed by atoms with Crippen molar-refractivity contribution >= 4 is 11.6 Å². The molecule has 0 radical (unpaired) electrons. The third-order valence-electron chi connectivity index (χ3n) is 2.15. The molecule has 4 nitrogen and oxygen atoms in total. The molecule has 1 rings (SSSR count). The van der Waals surface area contributed by atoms with Gasteiger partial charge in [-0.1, -0.05) is 25.1 Å². The molecule has 1 atom stereocenters. The molecule has 0 aromatic heterocycles. The lowest BCUT2D eigenvalue weighted by atomic mass is 10.2. The van der Waals surface area contributed by atoms with Crippen molar-refractivity contribution in [3.05, 3.63) is 30.3 Å². The van der Waals surface area contributed by atoms with Crippen molar-refractivity contribution in [1.82, 2.24) is 5.32 Å². The normalized spacial score (nSPS) is 12.1. The third kappa shape index (κ3) is 4.91. The van der Waals surface area contributed by atoms with E-state index in [1.54, 1.807) is 0 Å². The van der Waals surface area contributed by atoms with E-state index in [2.05, 4.69) is 10.6 Å². The van der Waals surface area contributed by atoms with Crippen molar-refractivity contribution in [3.8, 4) is 0 Å². The van der Waals surface area contributed by atoms with Gasteiger partial charge in [-0.05, 0) is 18.1 Å². The minimum atomic E-state index is -0.0728. The largest absolute Gasteiger partial charge is 0.396 e. The Kier molecular flexibility index (Phi) is 5.53. The number of carbonyl (C=O) groups is 1. The summed E-state index contributed by atoms with van der Waals surface area (Å²) in [5, 5.41) is 14.5. The first-order chi connectivity index (χ1) is 7.72. The zero-order valence-corrected chi connectivity index (χ0v) is 9.44. The summed E-state index contributed by atoms with van der Waals surface area (Å²) in [4.78, 5) is 11.4. The van der Waals surface area contributed by atoms with Crippen LogP contribution in [0.3, 0.4) is 0 Å². The number of rotatable bonds is 6. The fourth-order valence-electron chi connectivity index (χ4n) is 1.22. The van der Waals surface area contributed by atoms with Crippen molar-refractivity contribution in [2.24, 2.45) is 5.92 Å². The quantitative estimate of drug-likeness (QED) is 0.668. The van der Waals surface area contributed by atoms with E-state index in [-0.39, 0.29) is 25.0 Å². The van der Waals surface area contributed by atoms with Gasteiger partial charge in [0.05, 0.1) is 6.54 Å². The first-order valence-corrected chi connectivity index (χ1v) is 5.39. The fraction of sp³-hybridized carbons (Fsp3) is 0.417. The van der Waals surface area contributed by atoms with E-state index in [1.807, 2.05) is 37.3 Å². The van der Waals surface area contributed by atoms with Crippen molar-refractivity contribution in [2.45, 2.75) is 6.92 Å². The fourth-order valence-corrected chi connectivity index (χ4v) is 1.22. The molecule has 0 aliphatic rings. The van der Waals surface area contributed by atoms with Crippen LogP contribution in [0, 0.1) is 5.92 Å². The van der Waals surface area contributed by atoms with Gasteiger partial charge in [-0.25, -0.2) is 0 Å². The number of anilines is 1. The van der Waals surface area contributed by atoms with Gasteiger partial charge in [0.2, 0.25) is 5.91 Å². The van der Waals surface area contributed by atoms with Gasteiger partial charge in [0, 0.05) is 18.8 Å². The summed E-state index contributed by atoms with van der Waals surface area (Å²) in [6.07, 6.45) is 0. The van der Waals surface area contributed by atoms with Crippen LogP contribution in [0.5, 0.6) is 0 Å². The SMILES string of the molecule is CC(CO)CNCC(=O)Nc1ccccc1. The number of hydrogen-bond acceptors (Lipinski definition) is 3. The summed E-state index contributed by atoms with van der Waals surface area (Å²) < 4.78 is 0. The Morgan fingerprint density at radius 1 is 1.38 bits per heavy atom. The molecule has 0 heterocycles. The van der Waals surface area contributed by atoms with Gasteiger partial charge < -0.3 is 15.7 Å². The molecule has 1 unspecified atom stereocenters. The monoisotopic (exact) mass is 222 g/mol. The summed E-state index contributed by atoms with van der Waals surface area (Å²) in [6.45, 7) is 2.95. The standard InChI is InChI=1S/C12H18N2O2/c1-10(9-15)7-13-8-12(16)14-11-5-3-2-4-6-11/h2-6,10,13,15H,7-9H2,1H3,(H,14,16). The average molecular weight is 222 g/mol. The lowest BCUT2D eigenvalue weighted by molar-refractivity contribution is -0.115. The van der Waals surface area contributed by atoms with E-state index >= 15 is 0 Å². The van der Waals surface area contributed by atoms with Gasteiger partial charge in [0.25, 0.3) is 0 Å².